The Morgan fingerprint density at radius 2 is 1.92 bits per heavy atom. The molecule has 2 aliphatic heterocycles. The van der Waals surface area contributed by atoms with E-state index in [1.54, 1.807) is 0 Å². The Labute approximate surface area is 76.6 Å². The predicted octanol–water partition coefficient (Wildman–Crippen LogP) is 2.71. The topological polar surface area (TPSA) is 3.01 Å². The lowest BCUT2D eigenvalue weighted by Crippen LogP contribution is -1.86. The smallest absolute Gasteiger partial charge is 0.0725 e. The molecule has 2 aromatic carbocycles. The summed E-state index contributed by atoms with van der Waals surface area (Å²) in [6, 6.07) is 13.9. The molecule has 1 nitrogen and oxygen atoms in total. The van der Waals surface area contributed by atoms with Gasteiger partial charge in [0.1, 0.15) is 0 Å². The largest absolute Gasteiger partial charge is 0.360 e. The van der Waals surface area contributed by atoms with Crippen LogP contribution in [0.3, 0.4) is 0 Å². The van der Waals surface area contributed by atoms with Crippen molar-refractivity contribution in [3.8, 4) is 0 Å². The van der Waals surface area contributed by atoms with Crippen LogP contribution in [0.25, 0.3) is 10.8 Å². The number of nitrogens with zero attached hydrogens (tertiary/aromatic N) is 1. The molecule has 0 N–H and O–H groups in total. The maximum atomic E-state index is 2.47. The lowest BCUT2D eigenvalue weighted by atomic mass is 10.0. The second-order valence-corrected chi connectivity index (χ2v) is 3.89. The van der Waals surface area contributed by atoms with Crippen molar-refractivity contribution in [2.45, 2.75) is 6.04 Å². The summed E-state index contributed by atoms with van der Waals surface area (Å²) in [5.74, 6) is 0. The van der Waals surface area contributed by atoms with Gasteiger partial charge in [0, 0.05) is 17.6 Å². The maximum Gasteiger partial charge on any atom is 0.0725 e. The molecule has 0 saturated carbocycles. The first-order valence-electron chi connectivity index (χ1n) is 4.73. The normalized spacial score (nSPS) is 22.2. The molecule has 1 saturated heterocycles. The molecular weight excluding hydrogens is 158 g/mol. The van der Waals surface area contributed by atoms with Crippen molar-refractivity contribution < 1.29 is 0 Å². The fourth-order valence-electron chi connectivity index (χ4n) is 2.54. The van der Waals surface area contributed by atoms with Gasteiger partial charge in [-0.3, -0.25) is 0 Å². The van der Waals surface area contributed by atoms with E-state index in [0.29, 0.717) is 6.04 Å². The molecule has 4 rings (SSSR count). The second-order valence-electron chi connectivity index (χ2n) is 3.89. The van der Waals surface area contributed by atoms with Crippen LogP contribution in [-0.4, -0.2) is 6.54 Å². The summed E-state index contributed by atoms with van der Waals surface area (Å²) in [6.45, 7) is 1.23. The third kappa shape index (κ3) is 0.569. The Bertz CT molecular complexity index is 473. The first-order valence-corrected chi connectivity index (χ1v) is 4.73. The van der Waals surface area contributed by atoms with Gasteiger partial charge in [0.15, 0.2) is 0 Å². The third-order valence-electron chi connectivity index (χ3n) is 3.20. The number of hydrogen-bond acceptors (Lipinski definition) is 1. The van der Waals surface area contributed by atoms with Crippen LogP contribution in [0.4, 0.5) is 5.69 Å². The molecule has 0 spiro atoms. The highest BCUT2D eigenvalue weighted by Gasteiger charge is 2.42. The third-order valence-corrected chi connectivity index (χ3v) is 3.20. The van der Waals surface area contributed by atoms with Crippen LogP contribution in [-0.2, 0) is 0 Å². The molecule has 13 heavy (non-hydrogen) atoms. The van der Waals surface area contributed by atoms with E-state index in [1.807, 2.05) is 0 Å². The summed E-state index contributed by atoms with van der Waals surface area (Å²) in [4.78, 5) is 2.47. The molecule has 2 aliphatic rings. The maximum absolute atomic E-state index is 2.47. The fraction of sp³-hybridized carbons (Fsp3) is 0.167. The minimum atomic E-state index is 0.709. The van der Waals surface area contributed by atoms with Gasteiger partial charge in [0.2, 0.25) is 0 Å². The van der Waals surface area contributed by atoms with E-state index >= 15 is 0 Å². The first-order chi connectivity index (χ1) is 6.45. The van der Waals surface area contributed by atoms with Gasteiger partial charge < -0.3 is 4.90 Å². The quantitative estimate of drug-likeness (QED) is 0.545. The monoisotopic (exact) mass is 167 g/mol. The minimum Gasteiger partial charge on any atom is -0.360 e. The SMILES string of the molecule is c1cc2c3c(cccc3c1)N1CC21. The van der Waals surface area contributed by atoms with Crippen LogP contribution in [0.15, 0.2) is 36.4 Å². The molecule has 2 aromatic rings. The molecule has 1 fully saturated rings. The van der Waals surface area contributed by atoms with Gasteiger partial charge in [-0.25, -0.2) is 0 Å². The van der Waals surface area contributed by atoms with Crippen LogP contribution >= 0.6 is 0 Å². The summed E-state index contributed by atoms with van der Waals surface area (Å²) in [6.07, 6.45) is 0. The van der Waals surface area contributed by atoms with Crippen LogP contribution < -0.4 is 4.90 Å². The number of anilines is 1. The summed E-state index contributed by atoms with van der Waals surface area (Å²) in [5, 5.41) is 2.88. The highest BCUT2D eigenvalue weighted by Crippen LogP contribution is 2.52. The zero-order valence-electron chi connectivity index (χ0n) is 7.20. The van der Waals surface area contributed by atoms with Crippen LogP contribution in [0.1, 0.15) is 11.6 Å². The zero-order chi connectivity index (χ0) is 8.41. The lowest BCUT2D eigenvalue weighted by molar-refractivity contribution is 1.19. The molecule has 0 aliphatic carbocycles. The van der Waals surface area contributed by atoms with Crippen LogP contribution in [0, 0.1) is 0 Å². The van der Waals surface area contributed by atoms with E-state index in [4.69, 9.17) is 0 Å². The summed E-state index contributed by atoms with van der Waals surface area (Å²) >= 11 is 0. The number of benzene rings is 2. The number of hydrogen-bond donors (Lipinski definition) is 0. The van der Waals surface area contributed by atoms with E-state index < -0.39 is 0 Å². The Hall–Kier alpha value is -1.50. The number of fused-ring (bicyclic) bond motifs is 3. The van der Waals surface area contributed by atoms with Gasteiger partial charge in [-0.05, 0) is 17.0 Å². The van der Waals surface area contributed by atoms with Gasteiger partial charge in [-0.2, -0.15) is 0 Å². The fourth-order valence-corrected chi connectivity index (χ4v) is 2.54. The van der Waals surface area contributed by atoms with E-state index in [2.05, 4.69) is 41.3 Å². The lowest BCUT2D eigenvalue weighted by Gasteiger charge is -2.03. The van der Waals surface area contributed by atoms with Gasteiger partial charge in [0.05, 0.1) is 6.04 Å². The molecule has 0 bridgehead atoms. The molecule has 1 unspecified atom stereocenters. The Kier molecular flexibility index (Phi) is 0.796. The van der Waals surface area contributed by atoms with Gasteiger partial charge in [-0.1, -0.05) is 30.3 Å². The van der Waals surface area contributed by atoms with Crippen molar-refractivity contribution in [3.05, 3.63) is 42.0 Å². The molecule has 0 radical (unpaired) electrons. The van der Waals surface area contributed by atoms with Crippen molar-refractivity contribution in [3.63, 3.8) is 0 Å². The van der Waals surface area contributed by atoms with Crippen LogP contribution in [0.5, 0.6) is 0 Å². The molecule has 2 heterocycles. The predicted molar refractivity (Wildman–Crippen MR) is 54.0 cm³/mol. The molecule has 0 amide bonds. The average Bonchev–Trinajstić information content (AvgIpc) is 2.90. The van der Waals surface area contributed by atoms with E-state index in [0.717, 1.165) is 0 Å². The van der Waals surface area contributed by atoms with Crippen molar-refractivity contribution >= 4 is 16.5 Å². The summed E-state index contributed by atoms with van der Waals surface area (Å²) in [5.41, 5.74) is 2.98. The standard InChI is InChI=1S/C12H9N/c1-3-8-4-2-6-10-12(8)9(5-1)11-7-13(10)11/h1-6,11H,7H2. The van der Waals surface area contributed by atoms with Gasteiger partial charge in [-0.15, -0.1) is 0 Å². The summed E-state index contributed by atoms with van der Waals surface area (Å²) < 4.78 is 0. The number of rotatable bonds is 0. The van der Waals surface area contributed by atoms with Crippen molar-refractivity contribution in [1.82, 2.24) is 0 Å². The van der Waals surface area contributed by atoms with Crippen molar-refractivity contribution in [2.75, 3.05) is 11.4 Å². The van der Waals surface area contributed by atoms with Gasteiger partial charge in [0.25, 0.3) is 0 Å². The van der Waals surface area contributed by atoms with Gasteiger partial charge >= 0.3 is 0 Å². The van der Waals surface area contributed by atoms with E-state index in [1.165, 1.54) is 28.6 Å². The Balaban J connectivity index is 2.29. The molecule has 62 valence electrons. The zero-order valence-corrected chi connectivity index (χ0v) is 7.20. The van der Waals surface area contributed by atoms with Crippen molar-refractivity contribution in [2.24, 2.45) is 0 Å². The average molecular weight is 167 g/mol. The minimum absolute atomic E-state index is 0.709. The second kappa shape index (κ2) is 1.72. The first kappa shape index (κ1) is 6.03. The van der Waals surface area contributed by atoms with Crippen molar-refractivity contribution in [1.29, 1.82) is 0 Å². The van der Waals surface area contributed by atoms with E-state index in [9.17, 15) is 0 Å². The van der Waals surface area contributed by atoms with Crippen LogP contribution in [0.2, 0.25) is 0 Å². The molecule has 0 aromatic heterocycles. The Morgan fingerprint density at radius 1 is 1.08 bits per heavy atom. The molecule has 1 atom stereocenters. The van der Waals surface area contributed by atoms with E-state index in [-0.39, 0.29) is 0 Å². The molecule has 1 heteroatoms. The summed E-state index contributed by atoms with van der Waals surface area (Å²) in [7, 11) is 0. The Morgan fingerprint density at radius 3 is 2.85 bits per heavy atom. The molecular formula is C12H9N. The highest BCUT2D eigenvalue weighted by atomic mass is 15.3. The highest BCUT2D eigenvalue weighted by molar-refractivity contribution is 6.02.